The van der Waals surface area contributed by atoms with Gasteiger partial charge in [-0.2, -0.15) is 0 Å². The number of ether oxygens (including phenoxy) is 2. The summed E-state index contributed by atoms with van der Waals surface area (Å²) in [5.74, 6) is 0.113. The highest BCUT2D eigenvalue weighted by Gasteiger charge is 2.23. The summed E-state index contributed by atoms with van der Waals surface area (Å²) < 4.78 is 10.7. The first-order chi connectivity index (χ1) is 8.18. The Morgan fingerprint density at radius 3 is 2.59 bits per heavy atom. The summed E-state index contributed by atoms with van der Waals surface area (Å²) in [6, 6.07) is 6.08. The van der Waals surface area contributed by atoms with Gasteiger partial charge in [-0.3, -0.25) is 4.79 Å². The average Bonchev–Trinajstić information content (AvgIpc) is 2.35. The molecule has 0 aromatic heterocycles. The predicted molar refractivity (Wildman–Crippen MR) is 65.2 cm³/mol. The molecule has 92 valence electrons. The maximum atomic E-state index is 12.1. The zero-order valence-corrected chi connectivity index (χ0v) is 10.4. The van der Waals surface area contributed by atoms with Crippen LogP contribution in [0.2, 0.25) is 0 Å². The van der Waals surface area contributed by atoms with Crippen molar-refractivity contribution in [3.63, 3.8) is 0 Å². The quantitative estimate of drug-likeness (QED) is 0.800. The summed E-state index contributed by atoms with van der Waals surface area (Å²) in [6.07, 6.45) is 0.0507. The molecule has 1 aromatic carbocycles. The van der Waals surface area contributed by atoms with Crippen LogP contribution in [0.15, 0.2) is 18.2 Å². The molecule has 1 atom stereocenters. The summed E-state index contributed by atoms with van der Waals surface area (Å²) in [5.41, 5.74) is 3.44. The van der Waals surface area contributed by atoms with Gasteiger partial charge in [0, 0.05) is 6.42 Å². The maximum Gasteiger partial charge on any atom is 0.168 e. The van der Waals surface area contributed by atoms with Crippen LogP contribution in [-0.2, 0) is 20.7 Å². The third-order valence-electron chi connectivity index (χ3n) is 3.17. The lowest BCUT2D eigenvalue weighted by molar-refractivity contribution is -0.144. The minimum absolute atomic E-state index is 0.113. The van der Waals surface area contributed by atoms with Crippen molar-refractivity contribution in [3.8, 4) is 0 Å². The summed E-state index contributed by atoms with van der Waals surface area (Å²) in [7, 11) is 0. The maximum absolute atomic E-state index is 12.1. The summed E-state index contributed by atoms with van der Waals surface area (Å²) in [5, 5.41) is 0. The second-order valence-electron chi connectivity index (χ2n) is 4.45. The second-order valence-corrected chi connectivity index (χ2v) is 4.45. The van der Waals surface area contributed by atoms with Crippen molar-refractivity contribution in [2.75, 3.05) is 19.8 Å². The summed E-state index contributed by atoms with van der Waals surface area (Å²) in [6.45, 7) is 5.57. The smallest absolute Gasteiger partial charge is 0.168 e. The van der Waals surface area contributed by atoms with Crippen LogP contribution in [0.1, 0.15) is 16.7 Å². The normalized spacial score (nSPS) is 20.2. The number of carbonyl (C=O) groups excluding carboxylic acids is 1. The Hall–Kier alpha value is -1.19. The molecule has 1 saturated heterocycles. The Bertz CT molecular complexity index is 386. The van der Waals surface area contributed by atoms with E-state index in [1.807, 2.05) is 32.0 Å². The van der Waals surface area contributed by atoms with Crippen LogP contribution in [0.25, 0.3) is 0 Å². The minimum Gasteiger partial charge on any atom is -0.376 e. The lowest BCUT2D eigenvalue weighted by atomic mass is 9.96. The molecule has 1 unspecified atom stereocenters. The van der Waals surface area contributed by atoms with Gasteiger partial charge >= 0.3 is 0 Å². The van der Waals surface area contributed by atoms with Crippen molar-refractivity contribution in [1.82, 2.24) is 0 Å². The van der Waals surface area contributed by atoms with E-state index < -0.39 is 0 Å². The molecule has 1 aliphatic heterocycles. The van der Waals surface area contributed by atoms with Gasteiger partial charge in [-0.05, 0) is 30.5 Å². The van der Waals surface area contributed by atoms with Gasteiger partial charge in [-0.25, -0.2) is 0 Å². The topological polar surface area (TPSA) is 35.5 Å². The fourth-order valence-corrected chi connectivity index (χ4v) is 2.09. The van der Waals surface area contributed by atoms with Crippen LogP contribution in [-0.4, -0.2) is 31.7 Å². The molecule has 0 bridgehead atoms. The molecule has 3 nitrogen and oxygen atoms in total. The van der Waals surface area contributed by atoms with E-state index in [4.69, 9.17) is 9.47 Å². The SMILES string of the molecule is Cc1cccc(C)c1CC(=O)C1COCCO1. The molecule has 1 heterocycles. The van der Waals surface area contributed by atoms with Crippen molar-refractivity contribution in [3.05, 3.63) is 34.9 Å². The molecule has 0 radical (unpaired) electrons. The van der Waals surface area contributed by atoms with E-state index in [1.165, 1.54) is 0 Å². The first-order valence-electron chi connectivity index (χ1n) is 5.95. The first kappa shape index (κ1) is 12.3. The lowest BCUT2D eigenvalue weighted by Gasteiger charge is -2.22. The highest BCUT2D eigenvalue weighted by atomic mass is 16.6. The second kappa shape index (κ2) is 5.43. The Morgan fingerprint density at radius 1 is 1.29 bits per heavy atom. The molecule has 1 aromatic rings. The Balaban J connectivity index is 2.07. The lowest BCUT2D eigenvalue weighted by Crippen LogP contribution is -2.36. The number of aryl methyl sites for hydroxylation is 2. The van der Waals surface area contributed by atoms with Crippen LogP contribution in [0, 0.1) is 13.8 Å². The van der Waals surface area contributed by atoms with E-state index >= 15 is 0 Å². The van der Waals surface area contributed by atoms with Gasteiger partial charge in [0.1, 0.15) is 6.10 Å². The molecule has 3 heteroatoms. The largest absolute Gasteiger partial charge is 0.376 e. The predicted octanol–water partition coefficient (Wildman–Crippen LogP) is 1.83. The third kappa shape index (κ3) is 2.93. The van der Waals surface area contributed by atoms with Gasteiger partial charge in [0.05, 0.1) is 19.8 Å². The Morgan fingerprint density at radius 2 is 2.00 bits per heavy atom. The van der Waals surface area contributed by atoms with Gasteiger partial charge in [0.15, 0.2) is 5.78 Å². The number of rotatable bonds is 3. The third-order valence-corrected chi connectivity index (χ3v) is 3.17. The summed E-state index contributed by atoms with van der Waals surface area (Å²) in [4.78, 5) is 12.1. The molecular formula is C14H18O3. The Labute approximate surface area is 102 Å². The van der Waals surface area contributed by atoms with Crippen LogP contribution < -0.4 is 0 Å². The van der Waals surface area contributed by atoms with Crippen LogP contribution >= 0.6 is 0 Å². The molecule has 0 N–H and O–H groups in total. The molecular weight excluding hydrogens is 216 g/mol. The van der Waals surface area contributed by atoms with E-state index in [0.29, 0.717) is 26.2 Å². The molecule has 0 aliphatic carbocycles. The van der Waals surface area contributed by atoms with Gasteiger partial charge in [0.2, 0.25) is 0 Å². The van der Waals surface area contributed by atoms with E-state index in [9.17, 15) is 4.79 Å². The number of hydrogen-bond acceptors (Lipinski definition) is 3. The zero-order valence-electron chi connectivity index (χ0n) is 10.4. The number of hydrogen-bond donors (Lipinski definition) is 0. The molecule has 1 fully saturated rings. The highest BCUT2D eigenvalue weighted by molar-refractivity contribution is 5.86. The molecule has 0 spiro atoms. The van der Waals surface area contributed by atoms with Crippen molar-refractivity contribution in [2.45, 2.75) is 26.4 Å². The van der Waals surface area contributed by atoms with Gasteiger partial charge in [-0.15, -0.1) is 0 Å². The minimum atomic E-state index is -0.386. The number of Topliss-reactive ketones (excluding diaryl/α,β-unsaturated/α-hetero) is 1. The van der Waals surface area contributed by atoms with E-state index in [0.717, 1.165) is 16.7 Å². The van der Waals surface area contributed by atoms with E-state index in [-0.39, 0.29) is 11.9 Å². The molecule has 1 aliphatic rings. The van der Waals surface area contributed by atoms with Gasteiger partial charge in [-0.1, -0.05) is 18.2 Å². The van der Waals surface area contributed by atoms with Crippen molar-refractivity contribution < 1.29 is 14.3 Å². The Kier molecular flexibility index (Phi) is 3.92. The van der Waals surface area contributed by atoms with Crippen LogP contribution in [0.5, 0.6) is 0 Å². The van der Waals surface area contributed by atoms with E-state index in [2.05, 4.69) is 0 Å². The number of benzene rings is 1. The monoisotopic (exact) mass is 234 g/mol. The fraction of sp³-hybridized carbons (Fsp3) is 0.500. The zero-order chi connectivity index (χ0) is 12.3. The van der Waals surface area contributed by atoms with Crippen molar-refractivity contribution in [1.29, 1.82) is 0 Å². The summed E-state index contributed by atoms with van der Waals surface area (Å²) >= 11 is 0. The van der Waals surface area contributed by atoms with Gasteiger partial charge < -0.3 is 9.47 Å². The molecule has 0 saturated carbocycles. The van der Waals surface area contributed by atoms with E-state index in [1.54, 1.807) is 0 Å². The molecule has 0 amide bonds. The highest BCUT2D eigenvalue weighted by Crippen LogP contribution is 2.16. The molecule has 2 rings (SSSR count). The first-order valence-corrected chi connectivity index (χ1v) is 5.95. The number of ketones is 1. The van der Waals surface area contributed by atoms with Gasteiger partial charge in [0.25, 0.3) is 0 Å². The number of carbonyl (C=O) groups is 1. The van der Waals surface area contributed by atoms with Crippen molar-refractivity contribution >= 4 is 5.78 Å². The van der Waals surface area contributed by atoms with Crippen LogP contribution in [0.3, 0.4) is 0 Å². The molecule has 17 heavy (non-hydrogen) atoms. The average molecular weight is 234 g/mol. The van der Waals surface area contributed by atoms with Crippen LogP contribution in [0.4, 0.5) is 0 Å². The standard InChI is InChI=1S/C14H18O3/c1-10-4-3-5-11(2)12(10)8-13(15)14-9-16-6-7-17-14/h3-5,14H,6-9H2,1-2H3. The fourth-order valence-electron chi connectivity index (χ4n) is 2.09. The van der Waals surface area contributed by atoms with Crippen molar-refractivity contribution in [2.24, 2.45) is 0 Å².